The van der Waals surface area contributed by atoms with E-state index in [9.17, 15) is 0 Å². The predicted octanol–water partition coefficient (Wildman–Crippen LogP) is 2.71. The van der Waals surface area contributed by atoms with Crippen molar-refractivity contribution in [2.24, 2.45) is 5.73 Å². The number of nitrogens with zero attached hydrogens (tertiary/aromatic N) is 1. The van der Waals surface area contributed by atoms with Gasteiger partial charge in [-0.25, -0.2) is 0 Å². The third kappa shape index (κ3) is 2.32. The van der Waals surface area contributed by atoms with E-state index in [0.29, 0.717) is 12.6 Å². The number of nitrogens with two attached hydrogens (primary N) is 1. The molecule has 1 aliphatic rings. The van der Waals surface area contributed by atoms with Gasteiger partial charge in [0, 0.05) is 34.3 Å². The average molecular weight is 287 g/mol. The Balaban J connectivity index is 2.36. The zero-order chi connectivity index (χ0) is 10.8. The molecule has 0 radical (unpaired) electrons. The molecule has 82 valence electrons. The number of hydrogen-bond donors (Lipinski definition) is 1. The number of hydrogen-bond acceptors (Lipinski definition) is 3. The fourth-order valence-electron chi connectivity index (χ4n) is 1.85. The molecule has 1 aromatic carbocycles. The summed E-state index contributed by atoms with van der Waals surface area (Å²) in [6.45, 7) is 3.90. The van der Waals surface area contributed by atoms with E-state index >= 15 is 0 Å². The third-order valence-electron chi connectivity index (χ3n) is 2.61. The van der Waals surface area contributed by atoms with Gasteiger partial charge in [-0.1, -0.05) is 15.9 Å². The van der Waals surface area contributed by atoms with Gasteiger partial charge < -0.3 is 10.6 Å². The van der Waals surface area contributed by atoms with E-state index in [1.165, 1.54) is 10.6 Å². The van der Waals surface area contributed by atoms with Crippen molar-refractivity contribution in [2.45, 2.75) is 17.9 Å². The lowest BCUT2D eigenvalue weighted by Crippen LogP contribution is -2.40. The highest BCUT2D eigenvalue weighted by Gasteiger charge is 2.22. The van der Waals surface area contributed by atoms with Gasteiger partial charge in [-0.15, -0.1) is 11.8 Å². The summed E-state index contributed by atoms with van der Waals surface area (Å²) in [4.78, 5) is 3.76. The van der Waals surface area contributed by atoms with E-state index in [-0.39, 0.29) is 0 Å². The molecule has 0 amide bonds. The Labute approximate surface area is 103 Å². The van der Waals surface area contributed by atoms with Gasteiger partial charge in [-0.3, -0.25) is 0 Å². The summed E-state index contributed by atoms with van der Waals surface area (Å²) in [5.74, 6) is 1.15. The molecule has 1 unspecified atom stereocenters. The van der Waals surface area contributed by atoms with Crippen LogP contribution in [-0.2, 0) is 0 Å². The van der Waals surface area contributed by atoms with Gasteiger partial charge in [0.25, 0.3) is 0 Å². The molecule has 2 rings (SSSR count). The van der Waals surface area contributed by atoms with Gasteiger partial charge in [0.2, 0.25) is 0 Å². The lowest BCUT2D eigenvalue weighted by atomic mass is 10.2. The molecule has 0 spiro atoms. The number of anilines is 1. The maximum Gasteiger partial charge on any atom is 0.0518 e. The number of thioether (sulfide) groups is 1. The number of benzene rings is 1. The molecular weight excluding hydrogens is 272 g/mol. The average Bonchev–Trinajstić information content (AvgIpc) is 2.23. The van der Waals surface area contributed by atoms with Crippen LogP contribution in [0.1, 0.15) is 6.92 Å². The zero-order valence-corrected chi connectivity index (χ0v) is 11.1. The van der Waals surface area contributed by atoms with Crippen molar-refractivity contribution in [1.82, 2.24) is 0 Å². The van der Waals surface area contributed by atoms with Crippen LogP contribution in [0.2, 0.25) is 0 Å². The first kappa shape index (κ1) is 11.3. The van der Waals surface area contributed by atoms with Crippen molar-refractivity contribution < 1.29 is 0 Å². The molecule has 0 saturated carbocycles. The summed E-state index contributed by atoms with van der Waals surface area (Å²) >= 11 is 5.45. The lowest BCUT2D eigenvalue weighted by molar-refractivity contribution is 0.678. The van der Waals surface area contributed by atoms with E-state index in [2.05, 4.69) is 46.0 Å². The van der Waals surface area contributed by atoms with Crippen LogP contribution in [-0.4, -0.2) is 24.9 Å². The van der Waals surface area contributed by atoms with Crippen molar-refractivity contribution in [3.05, 3.63) is 22.7 Å². The molecule has 0 aromatic heterocycles. The van der Waals surface area contributed by atoms with Gasteiger partial charge in [-0.05, 0) is 25.1 Å². The van der Waals surface area contributed by atoms with Gasteiger partial charge in [0.1, 0.15) is 0 Å². The highest BCUT2D eigenvalue weighted by Crippen LogP contribution is 2.38. The Kier molecular flexibility index (Phi) is 3.59. The molecule has 0 fully saturated rings. The van der Waals surface area contributed by atoms with Crippen LogP contribution in [0.5, 0.6) is 0 Å². The van der Waals surface area contributed by atoms with E-state index in [1.807, 2.05) is 11.8 Å². The van der Waals surface area contributed by atoms with Crippen LogP contribution in [0.25, 0.3) is 0 Å². The molecule has 0 bridgehead atoms. The number of rotatable bonds is 2. The third-order valence-corrected chi connectivity index (χ3v) is 4.41. The maximum atomic E-state index is 5.66. The molecule has 1 heterocycles. The topological polar surface area (TPSA) is 29.3 Å². The van der Waals surface area contributed by atoms with Crippen LogP contribution in [0.15, 0.2) is 27.6 Å². The summed E-state index contributed by atoms with van der Waals surface area (Å²) in [5.41, 5.74) is 6.97. The van der Waals surface area contributed by atoms with Gasteiger partial charge in [0.05, 0.1) is 5.69 Å². The lowest BCUT2D eigenvalue weighted by Gasteiger charge is -2.36. The molecule has 0 saturated heterocycles. The fourth-order valence-corrected chi connectivity index (χ4v) is 3.29. The number of halogens is 1. The number of fused-ring (bicyclic) bond motifs is 1. The summed E-state index contributed by atoms with van der Waals surface area (Å²) in [7, 11) is 0. The smallest absolute Gasteiger partial charge is 0.0518 e. The van der Waals surface area contributed by atoms with Crippen molar-refractivity contribution in [1.29, 1.82) is 0 Å². The first-order valence-electron chi connectivity index (χ1n) is 5.11. The molecule has 15 heavy (non-hydrogen) atoms. The Morgan fingerprint density at radius 1 is 1.60 bits per heavy atom. The van der Waals surface area contributed by atoms with E-state index in [1.54, 1.807) is 0 Å². The normalized spacial score (nSPS) is 20.2. The second-order valence-corrected chi connectivity index (χ2v) is 5.73. The molecule has 0 aliphatic carbocycles. The Hall–Kier alpha value is -0.190. The first-order valence-corrected chi connectivity index (χ1v) is 6.89. The molecule has 1 aromatic rings. The van der Waals surface area contributed by atoms with Crippen molar-refractivity contribution in [2.75, 3.05) is 23.7 Å². The summed E-state index contributed by atoms with van der Waals surface area (Å²) in [6.07, 6.45) is 0. The quantitative estimate of drug-likeness (QED) is 0.907. The maximum absolute atomic E-state index is 5.66. The minimum atomic E-state index is 0.570. The summed E-state index contributed by atoms with van der Waals surface area (Å²) in [6, 6.07) is 7.04. The standard InChI is InChI=1S/C11H15BrN2S/c1-8-7-15-11-3-2-9(12)6-10(11)14(8)5-4-13/h2-3,6,8H,4-5,7,13H2,1H3. The molecular formula is C11H15BrN2S. The van der Waals surface area contributed by atoms with E-state index in [0.717, 1.165) is 16.8 Å². The predicted molar refractivity (Wildman–Crippen MR) is 70.7 cm³/mol. The van der Waals surface area contributed by atoms with Crippen molar-refractivity contribution >= 4 is 33.4 Å². The van der Waals surface area contributed by atoms with Gasteiger partial charge in [0.15, 0.2) is 0 Å². The van der Waals surface area contributed by atoms with E-state index in [4.69, 9.17) is 5.73 Å². The molecule has 2 nitrogen and oxygen atoms in total. The van der Waals surface area contributed by atoms with Crippen LogP contribution in [0.4, 0.5) is 5.69 Å². The highest BCUT2D eigenvalue weighted by atomic mass is 79.9. The Morgan fingerprint density at radius 3 is 3.13 bits per heavy atom. The molecule has 4 heteroatoms. The zero-order valence-electron chi connectivity index (χ0n) is 8.74. The Bertz CT molecular complexity index is 356. The molecule has 1 atom stereocenters. The monoisotopic (exact) mass is 286 g/mol. The van der Waals surface area contributed by atoms with Crippen LogP contribution >= 0.6 is 27.7 Å². The largest absolute Gasteiger partial charge is 0.366 e. The second-order valence-electron chi connectivity index (χ2n) is 3.75. The van der Waals surface area contributed by atoms with Crippen LogP contribution in [0.3, 0.4) is 0 Å². The Morgan fingerprint density at radius 2 is 2.40 bits per heavy atom. The highest BCUT2D eigenvalue weighted by molar-refractivity contribution is 9.10. The minimum Gasteiger partial charge on any atom is -0.366 e. The second kappa shape index (κ2) is 4.76. The SMILES string of the molecule is CC1CSc2ccc(Br)cc2N1CCN. The van der Waals surface area contributed by atoms with Gasteiger partial charge in [-0.2, -0.15) is 0 Å². The minimum absolute atomic E-state index is 0.570. The van der Waals surface area contributed by atoms with E-state index < -0.39 is 0 Å². The first-order chi connectivity index (χ1) is 7.22. The van der Waals surface area contributed by atoms with Gasteiger partial charge >= 0.3 is 0 Å². The van der Waals surface area contributed by atoms with Crippen LogP contribution < -0.4 is 10.6 Å². The fraction of sp³-hybridized carbons (Fsp3) is 0.455. The van der Waals surface area contributed by atoms with Crippen molar-refractivity contribution in [3.63, 3.8) is 0 Å². The molecule has 1 aliphatic heterocycles. The van der Waals surface area contributed by atoms with Crippen LogP contribution in [0, 0.1) is 0 Å². The summed E-state index contributed by atoms with van der Waals surface area (Å²) < 4.78 is 1.14. The molecule has 2 N–H and O–H groups in total. The van der Waals surface area contributed by atoms with Crippen molar-refractivity contribution in [3.8, 4) is 0 Å². The summed E-state index contributed by atoms with van der Waals surface area (Å²) in [5, 5.41) is 0.